The van der Waals surface area contributed by atoms with Gasteiger partial charge in [-0.3, -0.25) is 4.79 Å². The van der Waals surface area contributed by atoms with Crippen LogP contribution in [-0.4, -0.2) is 40.1 Å². The quantitative estimate of drug-likeness (QED) is 0.862. The van der Waals surface area contributed by atoms with Gasteiger partial charge in [-0.1, -0.05) is 12.1 Å². The van der Waals surface area contributed by atoms with Gasteiger partial charge in [-0.25, -0.2) is 9.37 Å². The number of aryl methyl sites for hydroxylation is 1. The van der Waals surface area contributed by atoms with Crippen molar-refractivity contribution in [1.29, 1.82) is 0 Å². The van der Waals surface area contributed by atoms with Gasteiger partial charge in [-0.15, -0.1) is 0 Å². The predicted octanol–water partition coefficient (Wildman–Crippen LogP) is 1.70. The van der Waals surface area contributed by atoms with Crippen LogP contribution in [0.25, 0.3) is 0 Å². The van der Waals surface area contributed by atoms with Crippen LogP contribution < -0.4 is 0 Å². The van der Waals surface area contributed by atoms with E-state index in [1.54, 1.807) is 25.6 Å². The Labute approximate surface area is 134 Å². The number of fused-ring (bicyclic) bond motifs is 1. The van der Waals surface area contributed by atoms with Crippen molar-refractivity contribution < 1.29 is 13.9 Å². The van der Waals surface area contributed by atoms with E-state index in [4.69, 9.17) is 4.74 Å². The number of benzene rings is 1. The lowest BCUT2D eigenvalue weighted by atomic mass is 10.0. The van der Waals surface area contributed by atoms with Crippen molar-refractivity contribution in [2.45, 2.75) is 25.4 Å². The number of carbonyl (C=O) groups is 1. The molecule has 0 bridgehead atoms. The predicted molar refractivity (Wildman–Crippen MR) is 83.2 cm³/mol. The molecular formula is C17H20FN3O2. The van der Waals surface area contributed by atoms with Crippen LogP contribution >= 0.6 is 0 Å². The Balaban J connectivity index is 1.78. The van der Waals surface area contributed by atoms with Gasteiger partial charge in [0.25, 0.3) is 0 Å². The number of rotatable bonds is 4. The molecule has 23 heavy (non-hydrogen) atoms. The molecule has 1 amide bonds. The van der Waals surface area contributed by atoms with Gasteiger partial charge in [0.15, 0.2) is 0 Å². The van der Waals surface area contributed by atoms with Crippen LogP contribution in [0.2, 0.25) is 0 Å². The van der Waals surface area contributed by atoms with Gasteiger partial charge in [-0.05, 0) is 17.7 Å². The molecule has 122 valence electrons. The number of ether oxygens (including phenoxy) is 1. The first-order valence-electron chi connectivity index (χ1n) is 7.60. The molecule has 6 heteroatoms. The Morgan fingerprint density at radius 1 is 1.39 bits per heavy atom. The first-order chi connectivity index (χ1) is 11.1. The topological polar surface area (TPSA) is 47.4 Å². The summed E-state index contributed by atoms with van der Waals surface area (Å²) in [4.78, 5) is 18.9. The van der Waals surface area contributed by atoms with Crippen molar-refractivity contribution in [3.63, 3.8) is 0 Å². The van der Waals surface area contributed by atoms with Gasteiger partial charge in [0, 0.05) is 26.3 Å². The molecule has 3 rings (SSSR count). The summed E-state index contributed by atoms with van der Waals surface area (Å²) in [6.07, 6.45) is 2.76. The third-order valence-corrected chi connectivity index (χ3v) is 4.28. The summed E-state index contributed by atoms with van der Waals surface area (Å²) in [7, 11) is 3.60. The monoisotopic (exact) mass is 317 g/mol. The molecule has 1 aliphatic heterocycles. The van der Waals surface area contributed by atoms with E-state index >= 15 is 0 Å². The summed E-state index contributed by atoms with van der Waals surface area (Å²) in [5.41, 5.74) is 2.89. The maximum Gasteiger partial charge on any atom is 0.227 e. The Morgan fingerprint density at radius 2 is 2.13 bits per heavy atom. The van der Waals surface area contributed by atoms with Crippen LogP contribution in [0.15, 0.2) is 30.6 Å². The highest BCUT2D eigenvalue weighted by molar-refractivity contribution is 5.79. The largest absolute Gasteiger partial charge is 0.383 e. The maximum absolute atomic E-state index is 13.0. The molecule has 2 heterocycles. The van der Waals surface area contributed by atoms with Gasteiger partial charge in [0.05, 0.1) is 37.6 Å². The van der Waals surface area contributed by atoms with Crippen LogP contribution in [0.3, 0.4) is 0 Å². The highest BCUT2D eigenvalue weighted by atomic mass is 19.1. The first-order valence-corrected chi connectivity index (χ1v) is 7.60. The number of nitrogens with zero attached hydrogens (tertiary/aromatic N) is 3. The minimum Gasteiger partial charge on any atom is -0.383 e. The zero-order chi connectivity index (χ0) is 16.4. The van der Waals surface area contributed by atoms with Crippen molar-refractivity contribution >= 4 is 5.91 Å². The van der Waals surface area contributed by atoms with Crippen LogP contribution in [0.5, 0.6) is 0 Å². The molecule has 1 aliphatic rings. The molecule has 0 unspecified atom stereocenters. The molecular weight excluding hydrogens is 297 g/mol. The highest BCUT2D eigenvalue weighted by Crippen LogP contribution is 2.23. The Kier molecular flexibility index (Phi) is 4.43. The minimum atomic E-state index is -0.297. The molecule has 0 spiro atoms. The van der Waals surface area contributed by atoms with Crippen LogP contribution in [0.1, 0.15) is 17.0 Å². The second-order valence-electron chi connectivity index (χ2n) is 5.89. The van der Waals surface area contributed by atoms with E-state index < -0.39 is 0 Å². The number of amides is 1. The average Bonchev–Trinajstić information content (AvgIpc) is 2.90. The van der Waals surface area contributed by atoms with E-state index in [1.807, 2.05) is 16.5 Å². The average molecular weight is 317 g/mol. The lowest BCUT2D eigenvalue weighted by Gasteiger charge is -2.35. The lowest BCUT2D eigenvalue weighted by Crippen LogP contribution is -2.47. The van der Waals surface area contributed by atoms with E-state index in [0.717, 1.165) is 23.4 Å². The summed E-state index contributed by atoms with van der Waals surface area (Å²) in [6.45, 7) is 0.976. The summed E-state index contributed by atoms with van der Waals surface area (Å²) < 4.78 is 20.3. The molecule has 0 fully saturated rings. The zero-order valence-electron chi connectivity index (χ0n) is 13.3. The molecule has 1 aromatic carbocycles. The van der Waals surface area contributed by atoms with E-state index in [0.29, 0.717) is 13.2 Å². The normalized spacial score (nSPS) is 17.2. The molecule has 5 nitrogen and oxygen atoms in total. The maximum atomic E-state index is 13.0. The van der Waals surface area contributed by atoms with Gasteiger partial charge in [-0.2, -0.15) is 0 Å². The van der Waals surface area contributed by atoms with Crippen molar-refractivity contribution in [2.75, 3.05) is 13.7 Å². The Morgan fingerprint density at radius 3 is 2.83 bits per heavy atom. The van der Waals surface area contributed by atoms with Crippen LogP contribution in [0, 0.1) is 5.82 Å². The summed E-state index contributed by atoms with van der Waals surface area (Å²) in [5, 5.41) is 0. The molecule has 1 atom stereocenters. The standard InChI is InChI=1S/C17H20FN3O2/c1-20-11-19-15-9-21(14(10-23-2)8-16(15)20)17(22)7-12-3-5-13(18)6-4-12/h3-6,11,14H,7-10H2,1-2H3/t14-/m0/s1. The third-order valence-electron chi connectivity index (χ3n) is 4.28. The molecule has 0 N–H and O–H groups in total. The van der Waals surface area contributed by atoms with E-state index in [-0.39, 0.29) is 24.2 Å². The van der Waals surface area contributed by atoms with Gasteiger partial charge >= 0.3 is 0 Å². The van der Waals surface area contributed by atoms with Crippen molar-refractivity contribution in [3.05, 3.63) is 53.4 Å². The number of carbonyl (C=O) groups excluding carboxylic acids is 1. The highest BCUT2D eigenvalue weighted by Gasteiger charge is 2.31. The lowest BCUT2D eigenvalue weighted by molar-refractivity contribution is -0.135. The molecule has 1 aromatic heterocycles. The molecule has 0 saturated carbocycles. The first kappa shape index (κ1) is 15.7. The van der Waals surface area contributed by atoms with E-state index in [1.165, 1.54) is 12.1 Å². The number of imidazole rings is 1. The van der Waals surface area contributed by atoms with Crippen molar-refractivity contribution in [3.8, 4) is 0 Å². The van der Waals surface area contributed by atoms with E-state index in [9.17, 15) is 9.18 Å². The number of aromatic nitrogens is 2. The third kappa shape index (κ3) is 3.27. The number of methoxy groups -OCH3 is 1. The minimum absolute atomic E-state index is 0.00384. The fraction of sp³-hybridized carbons (Fsp3) is 0.412. The molecule has 0 radical (unpaired) electrons. The van der Waals surface area contributed by atoms with Gasteiger partial charge < -0.3 is 14.2 Å². The van der Waals surface area contributed by atoms with Crippen molar-refractivity contribution in [1.82, 2.24) is 14.5 Å². The molecule has 2 aromatic rings. The number of hydrogen-bond donors (Lipinski definition) is 0. The Hall–Kier alpha value is -2.21. The van der Waals surface area contributed by atoms with Gasteiger partial charge in [0.2, 0.25) is 5.91 Å². The van der Waals surface area contributed by atoms with E-state index in [2.05, 4.69) is 4.98 Å². The number of halogens is 1. The fourth-order valence-electron chi connectivity index (χ4n) is 3.03. The molecule has 0 saturated heterocycles. The van der Waals surface area contributed by atoms with Crippen LogP contribution in [-0.2, 0) is 36.0 Å². The molecule has 0 aliphatic carbocycles. The summed E-state index contributed by atoms with van der Waals surface area (Å²) in [5.74, 6) is -0.287. The zero-order valence-corrected chi connectivity index (χ0v) is 13.3. The fourth-order valence-corrected chi connectivity index (χ4v) is 3.03. The SMILES string of the molecule is COC[C@@H]1Cc2c(ncn2C)CN1C(=O)Cc1ccc(F)cc1. The van der Waals surface area contributed by atoms with Crippen molar-refractivity contribution in [2.24, 2.45) is 7.05 Å². The second-order valence-corrected chi connectivity index (χ2v) is 5.89. The second kappa shape index (κ2) is 6.50. The van der Waals surface area contributed by atoms with Gasteiger partial charge in [0.1, 0.15) is 5.82 Å². The van der Waals surface area contributed by atoms with Crippen LogP contribution in [0.4, 0.5) is 4.39 Å². The summed E-state index contributed by atoms with van der Waals surface area (Å²) >= 11 is 0. The Bertz CT molecular complexity index is 696. The number of hydrogen-bond acceptors (Lipinski definition) is 3. The summed E-state index contributed by atoms with van der Waals surface area (Å²) in [6, 6.07) is 6.05. The smallest absolute Gasteiger partial charge is 0.227 e.